The van der Waals surface area contributed by atoms with Crippen molar-refractivity contribution in [2.75, 3.05) is 13.1 Å². The number of hydrogen-bond acceptors (Lipinski definition) is 1. The fraction of sp³-hybridized carbons (Fsp3) is 0.909. The first kappa shape index (κ1) is 10.6. The zero-order valence-corrected chi connectivity index (χ0v) is 8.88. The van der Waals surface area contributed by atoms with E-state index in [0.29, 0.717) is 11.8 Å². The Kier molecular flexibility index (Phi) is 4.26. The van der Waals surface area contributed by atoms with Crippen molar-refractivity contribution in [1.29, 1.82) is 0 Å². The van der Waals surface area contributed by atoms with Gasteiger partial charge < -0.3 is 4.90 Å². The first-order valence-electron chi connectivity index (χ1n) is 5.51. The molecular formula is C11H21NO. The van der Waals surface area contributed by atoms with Crippen molar-refractivity contribution >= 4 is 5.91 Å². The van der Waals surface area contributed by atoms with Gasteiger partial charge in [0.1, 0.15) is 0 Å². The molecule has 1 heterocycles. The summed E-state index contributed by atoms with van der Waals surface area (Å²) in [5.74, 6) is 1.07. The van der Waals surface area contributed by atoms with Gasteiger partial charge >= 0.3 is 0 Å². The van der Waals surface area contributed by atoms with Gasteiger partial charge in [0.15, 0.2) is 0 Å². The summed E-state index contributed by atoms with van der Waals surface area (Å²) in [5.41, 5.74) is 0. The van der Waals surface area contributed by atoms with Gasteiger partial charge in [0.05, 0.1) is 0 Å². The van der Waals surface area contributed by atoms with Gasteiger partial charge in [-0.1, -0.05) is 20.3 Å². The molecule has 0 aliphatic carbocycles. The van der Waals surface area contributed by atoms with Gasteiger partial charge in [-0.25, -0.2) is 0 Å². The van der Waals surface area contributed by atoms with E-state index in [0.717, 1.165) is 25.9 Å². The summed E-state index contributed by atoms with van der Waals surface area (Å²) in [5, 5.41) is 0. The van der Waals surface area contributed by atoms with E-state index in [9.17, 15) is 4.79 Å². The van der Waals surface area contributed by atoms with Crippen LogP contribution in [0.15, 0.2) is 0 Å². The van der Waals surface area contributed by atoms with Crippen LogP contribution in [0.5, 0.6) is 0 Å². The Morgan fingerprint density at radius 3 is 2.54 bits per heavy atom. The van der Waals surface area contributed by atoms with Crippen LogP contribution < -0.4 is 0 Å². The monoisotopic (exact) mass is 183 g/mol. The second-order valence-corrected chi connectivity index (χ2v) is 4.14. The Hall–Kier alpha value is -0.530. The van der Waals surface area contributed by atoms with Crippen molar-refractivity contribution in [2.24, 2.45) is 5.92 Å². The molecule has 1 saturated heterocycles. The van der Waals surface area contributed by atoms with Crippen LogP contribution in [0.3, 0.4) is 0 Å². The quantitative estimate of drug-likeness (QED) is 0.655. The lowest BCUT2D eigenvalue weighted by atomic mass is 10.0. The molecule has 0 bridgehead atoms. The molecule has 0 saturated carbocycles. The molecule has 1 atom stereocenters. The minimum atomic E-state index is 0.373. The highest BCUT2D eigenvalue weighted by Gasteiger charge is 2.17. The second kappa shape index (κ2) is 5.25. The molecule has 0 spiro atoms. The predicted octanol–water partition coefficient (Wildman–Crippen LogP) is 2.44. The van der Waals surface area contributed by atoms with Gasteiger partial charge in [-0.15, -0.1) is 0 Å². The van der Waals surface area contributed by atoms with Crippen LogP contribution in [0.1, 0.15) is 46.0 Å². The van der Waals surface area contributed by atoms with Crippen LogP contribution in [-0.4, -0.2) is 23.9 Å². The Balaban J connectivity index is 2.16. The standard InChI is InChI=1S/C11H21NO/c1-3-10(2)6-7-11(13)12-8-4-5-9-12/h10H,3-9H2,1-2H3/t10-/m0/s1. The number of rotatable bonds is 4. The number of carbonyl (C=O) groups excluding carboxylic acids is 1. The minimum absolute atomic E-state index is 0.373. The number of amides is 1. The van der Waals surface area contributed by atoms with E-state index < -0.39 is 0 Å². The first-order valence-corrected chi connectivity index (χ1v) is 5.51. The lowest BCUT2D eigenvalue weighted by Crippen LogP contribution is -2.27. The van der Waals surface area contributed by atoms with E-state index in [1.54, 1.807) is 0 Å². The Morgan fingerprint density at radius 1 is 1.38 bits per heavy atom. The zero-order chi connectivity index (χ0) is 9.68. The summed E-state index contributed by atoms with van der Waals surface area (Å²) < 4.78 is 0. The molecule has 1 amide bonds. The molecule has 1 aliphatic heterocycles. The molecule has 2 nitrogen and oxygen atoms in total. The molecule has 76 valence electrons. The van der Waals surface area contributed by atoms with Gasteiger partial charge in [-0.2, -0.15) is 0 Å². The normalized spacial score (nSPS) is 19.1. The molecule has 1 aliphatic rings. The molecular weight excluding hydrogens is 162 g/mol. The zero-order valence-electron chi connectivity index (χ0n) is 8.88. The summed E-state index contributed by atoms with van der Waals surface area (Å²) in [6.07, 6.45) is 5.41. The Morgan fingerprint density at radius 2 is 2.00 bits per heavy atom. The van der Waals surface area contributed by atoms with Crippen LogP contribution in [-0.2, 0) is 4.79 Å². The van der Waals surface area contributed by atoms with Crippen molar-refractivity contribution in [1.82, 2.24) is 4.90 Å². The van der Waals surface area contributed by atoms with Crippen molar-refractivity contribution in [3.63, 3.8) is 0 Å². The molecule has 0 radical (unpaired) electrons. The molecule has 0 aromatic heterocycles. The van der Waals surface area contributed by atoms with E-state index >= 15 is 0 Å². The maximum atomic E-state index is 11.6. The third-order valence-electron chi connectivity index (χ3n) is 3.01. The smallest absolute Gasteiger partial charge is 0.222 e. The predicted molar refractivity (Wildman–Crippen MR) is 54.5 cm³/mol. The summed E-state index contributed by atoms with van der Waals surface area (Å²) in [6.45, 7) is 6.40. The van der Waals surface area contributed by atoms with Crippen LogP contribution in [0, 0.1) is 5.92 Å². The second-order valence-electron chi connectivity index (χ2n) is 4.14. The van der Waals surface area contributed by atoms with E-state index in [1.165, 1.54) is 19.3 Å². The molecule has 13 heavy (non-hydrogen) atoms. The van der Waals surface area contributed by atoms with Crippen molar-refractivity contribution < 1.29 is 4.79 Å². The largest absolute Gasteiger partial charge is 0.343 e. The van der Waals surface area contributed by atoms with Crippen LogP contribution in [0.25, 0.3) is 0 Å². The lowest BCUT2D eigenvalue weighted by Gasteiger charge is -2.16. The average molecular weight is 183 g/mol. The highest BCUT2D eigenvalue weighted by molar-refractivity contribution is 5.76. The van der Waals surface area contributed by atoms with E-state index in [4.69, 9.17) is 0 Å². The Labute approximate surface area is 81.3 Å². The lowest BCUT2D eigenvalue weighted by molar-refractivity contribution is -0.130. The summed E-state index contributed by atoms with van der Waals surface area (Å²) in [7, 11) is 0. The SMILES string of the molecule is CC[C@H](C)CCC(=O)N1CCCC1. The highest BCUT2D eigenvalue weighted by atomic mass is 16.2. The van der Waals surface area contributed by atoms with Gasteiger partial charge in [0.25, 0.3) is 0 Å². The minimum Gasteiger partial charge on any atom is -0.343 e. The first-order chi connectivity index (χ1) is 6.24. The highest BCUT2D eigenvalue weighted by Crippen LogP contribution is 2.14. The van der Waals surface area contributed by atoms with Crippen molar-refractivity contribution in [3.05, 3.63) is 0 Å². The van der Waals surface area contributed by atoms with Crippen LogP contribution >= 0.6 is 0 Å². The molecule has 1 rings (SSSR count). The van der Waals surface area contributed by atoms with E-state index in [1.807, 2.05) is 4.90 Å². The number of hydrogen-bond donors (Lipinski definition) is 0. The molecule has 1 fully saturated rings. The molecule has 0 unspecified atom stereocenters. The third kappa shape index (κ3) is 3.37. The van der Waals surface area contributed by atoms with Crippen molar-refractivity contribution in [2.45, 2.75) is 46.0 Å². The van der Waals surface area contributed by atoms with Gasteiger partial charge in [-0.3, -0.25) is 4.79 Å². The van der Waals surface area contributed by atoms with Gasteiger partial charge in [0, 0.05) is 19.5 Å². The maximum absolute atomic E-state index is 11.6. The maximum Gasteiger partial charge on any atom is 0.222 e. The summed E-state index contributed by atoms with van der Waals surface area (Å²) in [6, 6.07) is 0. The summed E-state index contributed by atoms with van der Waals surface area (Å²) in [4.78, 5) is 13.6. The topological polar surface area (TPSA) is 20.3 Å². The van der Waals surface area contributed by atoms with E-state index in [-0.39, 0.29) is 0 Å². The average Bonchev–Trinajstić information content (AvgIpc) is 2.66. The number of likely N-dealkylation sites (tertiary alicyclic amines) is 1. The molecule has 0 aromatic carbocycles. The van der Waals surface area contributed by atoms with Gasteiger partial charge in [0.2, 0.25) is 5.91 Å². The fourth-order valence-corrected chi connectivity index (χ4v) is 1.70. The van der Waals surface area contributed by atoms with Crippen LogP contribution in [0.4, 0.5) is 0 Å². The van der Waals surface area contributed by atoms with Gasteiger partial charge in [-0.05, 0) is 25.2 Å². The molecule has 0 aromatic rings. The van der Waals surface area contributed by atoms with Crippen molar-refractivity contribution in [3.8, 4) is 0 Å². The van der Waals surface area contributed by atoms with Crippen LogP contribution in [0.2, 0.25) is 0 Å². The Bertz CT molecular complexity index is 161. The third-order valence-corrected chi connectivity index (χ3v) is 3.01. The molecule has 2 heteroatoms. The molecule has 0 N–H and O–H groups in total. The number of carbonyl (C=O) groups is 1. The number of nitrogens with zero attached hydrogens (tertiary/aromatic N) is 1. The fourth-order valence-electron chi connectivity index (χ4n) is 1.70. The summed E-state index contributed by atoms with van der Waals surface area (Å²) >= 11 is 0. The van der Waals surface area contributed by atoms with E-state index in [2.05, 4.69) is 13.8 Å².